The average molecular weight is 346 g/mol. The zero-order valence-corrected chi connectivity index (χ0v) is 14.5. The second-order valence-electron chi connectivity index (χ2n) is 6.14. The molecule has 1 heterocycles. The first-order chi connectivity index (χ1) is 11.4. The minimum Gasteiger partial charge on any atom is -0.469 e. The van der Waals surface area contributed by atoms with E-state index >= 15 is 0 Å². The summed E-state index contributed by atoms with van der Waals surface area (Å²) < 4.78 is 8.78. The maximum absolute atomic E-state index is 13.2. The van der Waals surface area contributed by atoms with Gasteiger partial charge in [-0.2, -0.15) is 0 Å². The van der Waals surface area contributed by atoms with E-state index in [0.29, 0.717) is 5.56 Å². The van der Waals surface area contributed by atoms with Gasteiger partial charge >= 0.3 is 11.9 Å². The zero-order valence-electron chi connectivity index (χ0n) is 13.6. The van der Waals surface area contributed by atoms with Crippen molar-refractivity contribution < 1.29 is 23.9 Å². The summed E-state index contributed by atoms with van der Waals surface area (Å²) >= 11 is 1.29. The van der Waals surface area contributed by atoms with E-state index in [1.54, 1.807) is 36.6 Å². The van der Waals surface area contributed by atoms with Crippen LogP contribution in [0, 0.1) is 17.3 Å². The number of Topliss-reactive ketones (excluding diaryl/α,β-unsaturated/α-hetero) is 1. The summed E-state index contributed by atoms with van der Waals surface area (Å²) in [5, 5.41) is 1.79. The van der Waals surface area contributed by atoms with E-state index in [-0.39, 0.29) is 5.78 Å². The Bertz CT molecular complexity index is 728. The van der Waals surface area contributed by atoms with Crippen molar-refractivity contribution in [2.75, 3.05) is 14.2 Å². The van der Waals surface area contributed by atoms with Crippen LogP contribution in [0.25, 0.3) is 0 Å². The largest absolute Gasteiger partial charge is 0.469 e. The van der Waals surface area contributed by atoms with Gasteiger partial charge in [0.15, 0.2) is 5.78 Å². The topological polar surface area (TPSA) is 69.7 Å². The van der Waals surface area contributed by atoms with E-state index in [9.17, 15) is 14.4 Å². The molecule has 0 bridgehead atoms. The molecule has 0 radical (unpaired) electrons. The number of esters is 2. The highest BCUT2D eigenvalue weighted by Gasteiger charge is 2.79. The Morgan fingerprint density at radius 2 is 1.75 bits per heavy atom. The molecule has 126 valence electrons. The van der Waals surface area contributed by atoms with Gasteiger partial charge < -0.3 is 9.47 Å². The van der Waals surface area contributed by atoms with Crippen LogP contribution in [0.5, 0.6) is 0 Å². The van der Waals surface area contributed by atoms with Crippen LogP contribution in [0.4, 0.5) is 0 Å². The average Bonchev–Trinajstić information content (AvgIpc) is 3.01. The number of allylic oxidation sites excluding steroid dienone is 1. The molecule has 0 aromatic heterocycles. The molecule has 0 N–H and O–H groups in total. The highest BCUT2D eigenvalue weighted by Crippen LogP contribution is 2.69. The third kappa shape index (κ3) is 1.92. The highest BCUT2D eigenvalue weighted by atomic mass is 32.2. The molecular formula is C18H18O5S. The summed E-state index contributed by atoms with van der Waals surface area (Å²) in [4.78, 5) is 38.1. The Balaban J connectivity index is 2.11. The number of ketones is 1. The molecule has 1 fully saturated rings. The monoisotopic (exact) mass is 346 g/mol. The van der Waals surface area contributed by atoms with Crippen LogP contribution in [-0.4, -0.2) is 36.7 Å². The first kappa shape index (κ1) is 16.8. The maximum Gasteiger partial charge on any atom is 0.313 e. The number of benzene rings is 1. The lowest BCUT2D eigenvalue weighted by Crippen LogP contribution is -2.73. The molecule has 6 heteroatoms. The molecule has 1 aliphatic heterocycles. The van der Waals surface area contributed by atoms with E-state index in [4.69, 9.17) is 9.47 Å². The van der Waals surface area contributed by atoms with E-state index in [1.165, 1.54) is 26.0 Å². The predicted octanol–water partition coefficient (Wildman–Crippen LogP) is 2.47. The van der Waals surface area contributed by atoms with Gasteiger partial charge in [-0.05, 0) is 12.3 Å². The minimum absolute atomic E-state index is 0.167. The molecule has 0 unspecified atom stereocenters. The van der Waals surface area contributed by atoms with Gasteiger partial charge in [-0.1, -0.05) is 36.4 Å². The highest BCUT2D eigenvalue weighted by molar-refractivity contribution is 8.04. The summed E-state index contributed by atoms with van der Waals surface area (Å²) in [6.07, 6.45) is 1.82. The molecule has 1 aromatic carbocycles. The molecule has 4 atom stereocenters. The Morgan fingerprint density at radius 3 is 2.33 bits per heavy atom. The van der Waals surface area contributed by atoms with Gasteiger partial charge in [-0.25, -0.2) is 0 Å². The van der Waals surface area contributed by atoms with Gasteiger partial charge in [0.25, 0.3) is 0 Å². The van der Waals surface area contributed by atoms with Gasteiger partial charge in [0.1, 0.15) is 4.75 Å². The van der Waals surface area contributed by atoms with Crippen molar-refractivity contribution in [2.24, 2.45) is 17.3 Å². The van der Waals surface area contributed by atoms with Crippen LogP contribution < -0.4 is 0 Å². The zero-order chi connectivity index (χ0) is 17.5. The van der Waals surface area contributed by atoms with E-state index in [0.717, 1.165) is 0 Å². The Labute approximate surface area is 144 Å². The van der Waals surface area contributed by atoms with Gasteiger partial charge in [0, 0.05) is 11.5 Å². The van der Waals surface area contributed by atoms with Crippen LogP contribution in [0.15, 0.2) is 41.8 Å². The van der Waals surface area contributed by atoms with E-state index in [2.05, 4.69) is 0 Å². The van der Waals surface area contributed by atoms with Crippen molar-refractivity contribution in [3.8, 4) is 0 Å². The minimum atomic E-state index is -1.12. The molecule has 0 spiro atoms. The summed E-state index contributed by atoms with van der Waals surface area (Å²) in [5.74, 6) is -2.56. The number of thioether (sulfide) groups is 1. The van der Waals surface area contributed by atoms with Crippen molar-refractivity contribution in [3.63, 3.8) is 0 Å². The summed E-state index contributed by atoms with van der Waals surface area (Å²) in [6.45, 7) is 1.66. The van der Waals surface area contributed by atoms with Crippen molar-refractivity contribution in [3.05, 3.63) is 47.4 Å². The van der Waals surface area contributed by atoms with Gasteiger partial charge in [-0.3, -0.25) is 14.4 Å². The number of rotatable bonds is 4. The number of carbonyl (C=O) groups is 3. The number of ether oxygens (including phenoxy) is 2. The standard InChI is InChI=1S/C18H18O5S/c1-17(16(21)23-3)12-9-10-24-18(12,13(17)15(20)22-2)14(19)11-7-5-4-6-8-11/h4-10,12-13H,1-3H3/t12-,13-,17-,18-/m0/s1. The summed E-state index contributed by atoms with van der Waals surface area (Å²) in [6, 6.07) is 8.81. The molecule has 2 aliphatic rings. The Hall–Kier alpha value is -2.08. The number of carbonyl (C=O) groups excluding carboxylic acids is 3. The maximum atomic E-state index is 13.2. The number of hydrogen-bond donors (Lipinski definition) is 0. The lowest BCUT2D eigenvalue weighted by molar-refractivity contribution is -0.184. The lowest BCUT2D eigenvalue weighted by Gasteiger charge is -2.59. The number of fused-ring (bicyclic) bond motifs is 1. The molecule has 0 amide bonds. The van der Waals surface area contributed by atoms with E-state index in [1.807, 2.05) is 12.1 Å². The van der Waals surface area contributed by atoms with Gasteiger partial charge in [0.2, 0.25) is 0 Å². The third-order valence-electron chi connectivity index (χ3n) is 5.12. The van der Waals surface area contributed by atoms with Crippen molar-refractivity contribution >= 4 is 29.5 Å². The second kappa shape index (κ2) is 5.77. The summed E-state index contributed by atoms with van der Waals surface area (Å²) in [7, 11) is 2.55. The molecule has 1 saturated carbocycles. The molecule has 24 heavy (non-hydrogen) atoms. The normalized spacial score (nSPS) is 33.3. The van der Waals surface area contributed by atoms with Crippen molar-refractivity contribution in [2.45, 2.75) is 11.7 Å². The van der Waals surface area contributed by atoms with Crippen LogP contribution in [-0.2, 0) is 19.1 Å². The summed E-state index contributed by atoms with van der Waals surface area (Å²) in [5.41, 5.74) is -0.605. The first-order valence-electron chi connectivity index (χ1n) is 7.55. The second-order valence-corrected chi connectivity index (χ2v) is 7.33. The van der Waals surface area contributed by atoms with Gasteiger partial charge in [-0.15, -0.1) is 11.8 Å². The molecule has 5 nitrogen and oxygen atoms in total. The number of methoxy groups -OCH3 is 2. The van der Waals surface area contributed by atoms with Crippen LogP contribution in [0.3, 0.4) is 0 Å². The Kier molecular flexibility index (Phi) is 4.03. The third-order valence-corrected chi connectivity index (χ3v) is 6.48. The lowest BCUT2D eigenvalue weighted by atomic mass is 9.45. The van der Waals surface area contributed by atoms with Crippen LogP contribution in [0.2, 0.25) is 0 Å². The Morgan fingerprint density at radius 1 is 1.08 bits per heavy atom. The quantitative estimate of drug-likeness (QED) is 0.616. The molecular weight excluding hydrogens is 328 g/mol. The molecule has 0 saturated heterocycles. The fourth-order valence-electron chi connectivity index (χ4n) is 4.01. The molecule has 1 aromatic rings. The van der Waals surface area contributed by atoms with Gasteiger partial charge in [0.05, 0.1) is 25.6 Å². The fourth-order valence-corrected chi connectivity index (χ4v) is 5.64. The predicted molar refractivity (Wildman–Crippen MR) is 89.4 cm³/mol. The molecule has 3 rings (SSSR count). The van der Waals surface area contributed by atoms with Crippen LogP contribution in [0.1, 0.15) is 17.3 Å². The van der Waals surface area contributed by atoms with Crippen molar-refractivity contribution in [1.82, 2.24) is 0 Å². The van der Waals surface area contributed by atoms with Crippen LogP contribution >= 0.6 is 11.8 Å². The van der Waals surface area contributed by atoms with Crippen molar-refractivity contribution in [1.29, 1.82) is 0 Å². The molecule has 1 aliphatic carbocycles. The number of hydrogen-bond acceptors (Lipinski definition) is 6. The fraction of sp³-hybridized carbons (Fsp3) is 0.389. The SMILES string of the molecule is COC(=O)[C@H]1[C@@](C)(C(=O)OC)[C@@H]2C=CS[C@@]21C(=O)c1ccccc1. The smallest absolute Gasteiger partial charge is 0.313 e. The first-order valence-corrected chi connectivity index (χ1v) is 8.43. The van der Waals surface area contributed by atoms with E-state index < -0.39 is 33.9 Å².